The molecular weight excluding hydrogens is 298 g/mol. The summed E-state index contributed by atoms with van der Waals surface area (Å²) < 4.78 is 0.705. The molecule has 1 heterocycles. The van der Waals surface area contributed by atoms with E-state index < -0.39 is 5.60 Å². The summed E-state index contributed by atoms with van der Waals surface area (Å²) in [7, 11) is 1.91. The van der Waals surface area contributed by atoms with Gasteiger partial charge in [-0.1, -0.05) is 12.8 Å². The highest BCUT2D eigenvalue weighted by molar-refractivity contribution is 9.10. The van der Waals surface area contributed by atoms with Gasteiger partial charge in [0, 0.05) is 13.6 Å². The number of rotatable bonds is 4. The molecule has 0 radical (unpaired) electrons. The van der Waals surface area contributed by atoms with Crippen LogP contribution in [0.25, 0.3) is 0 Å². The first-order chi connectivity index (χ1) is 8.56. The Bertz CT molecular complexity index is 422. The van der Waals surface area contributed by atoms with Gasteiger partial charge in [0.15, 0.2) is 5.82 Å². The van der Waals surface area contributed by atoms with Gasteiger partial charge in [-0.15, -0.1) is 0 Å². The van der Waals surface area contributed by atoms with Crippen LogP contribution in [-0.2, 0) is 0 Å². The molecule has 100 valence electrons. The van der Waals surface area contributed by atoms with Crippen LogP contribution in [0.15, 0.2) is 10.8 Å². The molecule has 0 atom stereocenters. The summed E-state index contributed by atoms with van der Waals surface area (Å²) in [4.78, 5) is 10.2. The smallest absolute Gasteiger partial charge is 0.159 e. The second kappa shape index (κ2) is 5.38. The lowest BCUT2D eigenvalue weighted by atomic mass is 10.0. The molecule has 1 saturated carbocycles. The van der Waals surface area contributed by atoms with Gasteiger partial charge < -0.3 is 15.4 Å². The Labute approximate surface area is 115 Å². The second-order valence-electron chi connectivity index (χ2n) is 4.79. The highest BCUT2D eigenvalue weighted by atomic mass is 79.9. The third kappa shape index (κ3) is 2.73. The molecule has 1 aliphatic carbocycles. The van der Waals surface area contributed by atoms with Gasteiger partial charge in [0.2, 0.25) is 0 Å². The van der Waals surface area contributed by atoms with Crippen molar-refractivity contribution in [3.05, 3.63) is 10.8 Å². The summed E-state index contributed by atoms with van der Waals surface area (Å²) in [5.74, 6) is 6.62. The second-order valence-corrected chi connectivity index (χ2v) is 5.58. The minimum Gasteiger partial charge on any atom is -0.388 e. The van der Waals surface area contributed by atoms with Crippen molar-refractivity contribution in [3.63, 3.8) is 0 Å². The maximum absolute atomic E-state index is 10.4. The van der Waals surface area contributed by atoms with Gasteiger partial charge in [0.25, 0.3) is 0 Å². The molecule has 2 rings (SSSR count). The minimum absolute atomic E-state index is 0.533. The summed E-state index contributed by atoms with van der Waals surface area (Å²) in [5.41, 5.74) is 1.90. The van der Waals surface area contributed by atoms with E-state index in [4.69, 9.17) is 5.84 Å². The summed E-state index contributed by atoms with van der Waals surface area (Å²) >= 11 is 3.42. The molecule has 1 aliphatic rings. The van der Waals surface area contributed by atoms with Gasteiger partial charge in [-0.25, -0.2) is 15.8 Å². The van der Waals surface area contributed by atoms with E-state index in [2.05, 4.69) is 31.3 Å². The predicted molar refractivity (Wildman–Crippen MR) is 74.2 cm³/mol. The van der Waals surface area contributed by atoms with E-state index in [9.17, 15) is 5.11 Å². The number of hydrogen-bond acceptors (Lipinski definition) is 6. The number of hydrazine groups is 1. The summed E-state index contributed by atoms with van der Waals surface area (Å²) in [6, 6.07) is 0. The number of anilines is 2. The Morgan fingerprint density at radius 1 is 1.50 bits per heavy atom. The maximum Gasteiger partial charge on any atom is 0.159 e. The molecule has 0 spiro atoms. The van der Waals surface area contributed by atoms with Gasteiger partial charge in [-0.2, -0.15) is 0 Å². The number of hydrogen-bond donors (Lipinski definition) is 3. The number of likely N-dealkylation sites (N-methyl/N-ethyl adjacent to an activating group) is 1. The van der Waals surface area contributed by atoms with Gasteiger partial charge in [-0.3, -0.25) is 0 Å². The fourth-order valence-corrected chi connectivity index (χ4v) is 3.06. The molecular formula is C11H18BrN5O. The molecule has 4 N–H and O–H groups in total. The number of nitrogen functional groups attached to an aromatic ring is 1. The Morgan fingerprint density at radius 3 is 2.78 bits per heavy atom. The van der Waals surface area contributed by atoms with Crippen molar-refractivity contribution in [1.29, 1.82) is 0 Å². The van der Waals surface area contributed by atoms with Crippen molar-refractivity contribution in [2.45, 2.75) is 31.3 Å². The summed E-state index contributed by atoms with van der Waals surface area (Å²) in [5, 5.41) is 10.4. The van der Waals surface area contributed by atoms with E-state index in [0.717, 1.165) is 31.5 Å². The first-order valence-corrected chi connectivity index (χ1v) is 6.76. The maximum atomic E-state index is 10.4. The fourth-order valence-electron chi connectivity index (χ4n) is 2.43. The summed E-state index contributed by atoms with van der Waals surface area (Å²) in [6.07, 6.45) is 5.32. The third-order valence-electron chi connectivity index (χ3n) is 3.34. The van der Waals surface area contributed by atoms with E-state index in [1.807, 2.05) is 11.9 Å². The van der Waals surface area contributed by atoms with Crippen molar-refractivity contribution < 1.29 is 5.11 Å². The SMILES string of the molecule is CN(CC1(O)CCCC1)c1ncnc(NN)c1Br. The number of aliphatic hydroxyl groups is 1. The highest BCUT2D eigenvalue weighted by Gasteiger charge is 2.33. The topological polar surface area (TPSA) is 87.3 Å². The zero-order valence-corrected chi connectivity index (χ0v) is 11.9. The number of aromatic nitrogens is 2. The van der Waals surface area contributed by atoms with Crippen molar-refractivity contribution in [2.24, 2.45) is 5.84 Å². The number of halogens is 1. The van der Waals surface area contributed by atoms with Gasteiger partial charge in [0.1, 0.15) is 16.6 Å². The number of nitrogens with zero attached hydrogens (tertiary/aromatic N) is 3. The Balaban J connectivity index is 2.15. The van der Waals surface area contributed by atoms with Gasteiger partial charge in [0.05, 0.1) is 5.60 Å². The van der Waals surface area contributed by atoms with Crippen LogP contribution in [0.1, 0.15) is 25.7 Å². The zero-order valence-electron chi connectivity index (χ0n) is 10.4. The Hall–Kier alpha value is -0.920. The molecule has 0 aliphatic heterocycles. The molecule has 0 unspecified atom stereocenters. The molecule has 0 saturated heterocycles. The molecule has 0 aromatic carbocycles. The molecule has 0 amide bonds. The average molecular weight is 316 g/mol. The first-order valence-electron chi connectivity index (χ1n) is 5.96. The van der Waals surface area contributed by atoms with Crippen LogP contribution in [0.3, 0.4) is 0 Å². The molecule has 1 aromatic heterocycles. The molecule has 6 nitrogen and oxygen atoms in total. The Morgan fingerprint density at radius 2 is 2.17 bits per heavy atom. The van der Waals surface area contributed by atoms with Crippen molar-refractivity contribution in [3.8, 4) is 0 Å². The van der Waals surface area contributed by atoms with Crippen LogP contribution in [0, 0.1) is 0 Å². The molecule has 1 aromatic rings. The fraction of sp³-hybridized carbons (Fsp3) is 0.636. The van der Waals surface area contributed by atoms with Crippen LogP contribution < -0.4 is 16.2 Å². The standard InChI is InChI=1S/C11H18BrN5O/c1-17(6-11(18)4-2-3-5-11)10-8(12)9(16-13)14-7-15-10/h7,18H,2-6,13H2,1H3,(H,14,15,16). The largest absolute Gasteiger partial charge is 0.388 e. The normalized spacial score (nSPS) is 17.8. The van der Waals surface area contributed by atoms with Crippen molar-refractivity contribution >= 4 is 27.6 Å². The quantitative estimate of drug-likeness (QED) is 0.573. The van der Waals surface area contributed by atoms with Crippen LogP contribution in [0.4, 0.5) is 11.6 Å². The van der Waals surface area contributed by atoms with Gasteiger partial charge >= 0.3 is 0 Å². The van der Waals surface area contributed by atoms with Crippen LogP contribution in [0.5, 0.6) is 0 Å². The van der Waals surface area contributed by atoms with Crippen LogP contribution in [-0.4, -0.2) is 34.3 Å². The lowest BCUT2D eigenvalue weighted by Crippen LogP contribution is -2.39. The van der Waals surface area contributed by atoms with E-state index >= 15 is 0 Å². The molecule has 18 heavy (non-hydrogen) atoms. The van der Waals surface area contributed by atoms with E-state index in [-0.39, 0.29) is 0 Å². The lowest BCUT2D eigenvalue weighted by molar-refractivity contribution is 0.0557. The monoisotopic (exact) mass is 315 g/mol. The molecule has 0 bridgehead atoms. The van der Waals surface area contributed by atoms with Crippen LogP contribution in [0.2, 0.25) is 0 Å². The molecule has 1 fully saturated rings. The average Bonchev–Trinajstić information content (AvgIpc) is 2.76. The number of nitrogens with one attached hydrogen (secondary N) is 1. The van der Waals surface area contributed by atoms with Crippen molar-refractivity contribution in [1.82, 2.24) is 9.97 Å². The first kappa shape index (κ1) is 13.5. The van der Waals surface area contributed by atoms with Gasteiger partial charge in [-0.05, 0) is 28.8 Å². The van der Waals surface area contributed by atoms with Crippen LogP contribution >= 0.6 is 15.9 Å². The highest BCUT2D eigenvalue weighted by Crippen LogP contribution is 2.33. The zero-order chi connectivity index (χ0) is 13.2. The van der Waals surface area contributed by atoms with E-state index in [0.29, 0.717) is 16.8 Å². The minimum atomic E-state index is -0.602. The van der Waals surface area contributed by atoms with Crippen molar-refractivity contribution in [2.75, 3.05) is 23.9 Å². The van der Waals surface area contributed by atoms with E-state index in [1.54, 1.807) is 0 Å². The third-order valence-corrected chi connectivity index (χ3v) is 4.07. The number of nitrogens with two attached hydrogens (primary N) is 1. The summed E-state index contributed by atoms with van der Waals surface area (Å²) in [6.45, 7) is 0.562. The molecule has 7 heteroatoms. The predicted octanol–water partition coefficient (Wildman–Crippen LogP) is 1.27. The lowest BCUT2D eigenvalue weighted by Gasteiger charge is -2.29. The van der Waals surface area contributed by atoms with E-state index in [1.165, 1.54) is 6.33 Å². The Kier molecular flexibility index (Phi) is 4.04.